The first-order valence-electron chi connectivity index (χ1n) is 12.5. The van der Waals surface area contributed by atoms with Crippen LogP contribution < -0.4 is 20.7 Å². The van der Waals surface area contributed by atoms with Crippen LogP contribution in [-0.2, 0) is 4.79 Å². The molecule has 2 heterocycles. The van der Waals surface area contributed by atoms with E-state index in [-0.39, 0.29) is 40.5 Å². The first-order chi connectivity index (χ1) is 18.5. The molecule has 12 heteroatoms. The second-order valence-electron chi connectivity index (χ2n) is 8.20. The molecular formula is C24H26N8O4. The van der Waals surface area contributed by atoms with Gasteiger partial charge in [0.05, 0.1) is 48.5 Å². The molecule has 3 N–H and O–H groups in total. The number of hydrogen-bond acceptors (Lipinski definition) is 9. The first-order valence-corrected chi connectivity index (χ1v) is 11.0. The summed E-state index contributed by atoms with van der Waals surface area (Å²) in [5.74, 6) is -1.42. The van der Waals surface area contributed by atoms with E-state index in [1.165, 1.54) is 30.6 Å². The second-order valence-corrected chi connectivity index (χ2v) is 8.20. The van der Waals surface area contributed by atoms with Crippen LogP contribution >= 0.6 is 0 Å². The van der Waals surface area contributed by atoms with Gasteiger partial charge in [0.25, 0.3) is 11.8 Å². The average molecular weight is 494 g/mol. The Morgan fingerprint density at radius 1 is 1.11 bits per heavy atom. The van der Waals surface area contributed by atoms with Crippen molar-refractivity contribution in [3.8, 4) is 17.0 Å². The summed E-state index contributed by atoms with van der Waals surface area (Å²) in [7, 11) is 4.65. The molecule has 2 aromatic heterocycles. The van der Waals surface area contributed by atoms with Crippen LogP contribution in [0.4, 0.5) is 17.1 Å². The number of hydrogen-bond donors (Lipinski definition) is 3. The van der Waals surface area contributed by atoms with Gasteiger partial charge in [0.1, 0.15) is 5.69 Å². The van der Waals surface area contributed by atoms with E-state index in [0.29, 0.717) is 22.7 Å². The Morgan fingerprint density at radius 3 is 2.56 bits per heavy atom. The molecule has 0 radical (unpaired) electrons. The van der Waals surface area contributed by atoms with E-state index in [1.54, 1.807) is 32.3 Å². The SMILES string of the molecule is [2H]C([2H])([2H])NC(=O)c1nncc(NC(=O)C2CC2)c1Nc1cccc(-c2cnc(C(=O)N(C)C)cn2)c1OC. The third-order valence-electron chi connectivity index (χ3n) is 5.42. The zero-order chi connectivity index (χ0) is 28.3. The highest BCUT2D eigenvalue weighted by Gasteiger charge is 2.31. The minimum Gasteiger partial charge on any atom is -0.494 e. The van der Waals surface area contributed by atoms with Gasteiger partial charge in [0, 0.05) is 36.7 Å². The molecule has 0 saturated heterocycles. The van der Waals surface area contributed by atoms with Crippen molar-refractivity contribution in [2.45, 2.75) is 12.8 Å². The lowest BCUT2D eigenvalue weighted by atomic mass is 10.1. The maximum atomic E-state index is 12.8. The van der Waals surface area contributed by atoms with E-state index in [4.69, 9.17) is 8.85 Å². The summed E-state index contributed by atoms with van der Waals surface area (Å²) in [4.78, 5) is 47.5. The maximum absolute atomic E-state index is 12.8. The quantitative estimate of drug-likeness (QED) is 0.428. The van der Waals surface area contributed by atoms with Gasteiger partial charge in [-0.05, 0) is 25.0 Å². The summed E-state index contributed by atoms with van der Waals surface area (Å²) < 4.78 is 27.8. The molecule has 1 fully saturated rings. The zero-order valence-electron chi connectivity index (χ0n) is 22.8. The topological polar surface area (TPSA) is 151 Å². The van der Waals surface area contributed by atoms with Crippen LogP contribution in [-0.4, -0.2) is 71.0 Å². The van der Waals surface area contributed by atoms with E-state index in [9.17, 15) is 14.4 Å². The second kappa shape index (κ2) is 10.3. The summed E-state index contributed by atoms with van der Waals surface area (Å²) in [6.07, 6.45) is 5.54. The van der Waals surface area contributed by atoms with Crippen molar-refractivity contribution < 1.29 is 23.2 Å². The van der Waals surface area contributed by atoms with Gasteiger partial charge in [0.15, 0.2) is 11.4 Å². The number of benzene rings is 1. The van der Waals surface area contributed by atoms with E-state index in [2.05, 4.69) is 30.8 Å². The lowest BCUT2D eigenvalue weighted by Gasteiger charge is -2.18. The van der Waals surface area contributed by atoms with Crippen LogP contribution in [0.5, 0.6) is 5.75 Å². The molecule has 12 nitrogen and oxygen atoms in total. The Balaban J connectivity index is 1.75. The van der Waals surface area contributed by atoms with Crippen LogP contribution in [0.3, 0.4) is 0 Å². The summed E-state index contributed by atoms with van der Waals surface area (Å²) in [5, 5.41) is 15.3. The summed E-state index contributed by atoms with van der Waals surface area (Å²) >= 11 is 0. The molecule has 1 aromatic carbocycles. The molecule has 1 aliphatic carbocycles. The molecule has 0 spiro atoms. The van der Waals surface area contributed by atoms with Crippen LogP contribution in [0.15, 0.2) is 36.8 Å². The van der Waals surface area contributed by atoms with E-state index in [0.717, 1.165) is 12.8 Å². The molecule has 0 unspecified atom stereocenters. The van der Waals surface area contributed by atoms with Gasteiger partial charge >= 0.3 is 0 Å². The predicted molar refractivity (Wildman–Crippen MR) is 132 cm³/mol. The highest BCUT2D eigenvalue weighted by molar-refractivity contribution is 6.05. The van der Waals surface area contributed by atoms with Crippen LogP contribution in [0.25, 0.3) is 11.3 Å². The van der Waals surface area contributed by atoms with Crippen LogP contribution in [0.2, 0.25) is 0 Å². The number of aromatic nitrogens is 4. The summed E-state index contributed by atoms with van der Waals surface area (Å²) in [5.41, 5.74) is 1.24. The van der Waals surface area contributed by atoms with Crippen molar-refractivity contribution in [3.63, 3.8) is 0 Å². The molecule has 3 aromatic rings. The number of anilines is 3. The minimum atomic E-state index is -2.78. The number of amides is 3. The molecule has 186 valence electrons. The van der Waals surface area contributed by atoms with Gasteiger partial charge in [-0.2, -0.15) is 5.10 Å². The van der Waals surface area contributed by atoms with Gasteiger partial charge < -0.3 is 25.6 Å². The third-order valence-corrected chi connectivity index (χ3v) is 5.42. The number of rotatable bonds is 8. The number of ether oxygens (including phenoxy) is 1. The van der Waals surface area contributed by atoms with E-state index >= 15 is 0 Å². The van der Waals surface area contributed by atoms with Crippen molar-refractivity contribution in [1.82, 2.24) is 30.4 Å². The largest absolute Gasteiger partial charge is 0.494 e. The van der Waals surface area contributed by atoms with Gasteiger partial charge in [-0.3, -0.25) is 19.4 Å². The number of nitrogens with one attached hydrogen (secondary N) is 3. The Kier molecular flexibility index (Phi) is 5.95. The lowest BCUT2D eigenvalue weighted by Crippen LogP contribution is -2.23. The predicted octanol–water partition coefficient (Wildman–Crippen LogP) is 2.10. The average Bonchev–Trinajstić information content (AvgIpc) is 3.74. The van der Waals surface area contributed by atoms with Crippen molar-refractivity contribution in [2.75, 3.05) is 38.8 Å². The Morgan fingerprint density at radius 2 is 1.92 bits per heavy atom. The summed E-state index contributed by atoms with van der Waals surface area (Å²) in [6, 6.07) is 5.07. The van der Waals surface area contributed by atoms with Gasteiger partial charge in [-0.15, -0.1) is 5.10 Å². The van der Waals surface area contributed by atoms with Crippen molar-refractivity contribution >= 4 is 34.8 Å². The smallest absolute Gasteiger partial charge is 0.273 e. The number of methoxy groups -OCH3 is 1. The number of para-hydroxylation sites is 1. The van der Waals surface area contributed by atoms with Crippen molar-refractivity contribution in [3.05, 3.63) is 48.2 Å². The molecule has 1 saturated carbocycles. The standard InChI is InChI=1S/C24H26N8O4/c1-25-23(34)20-19(17(12-28-31-20)30-22(33)13-8-9-13)29-15-7-5-6-14(21(15)36-4)16-10-27-18(11-26-16)24(35)32(2)3/h5-7,10-13H,8-9H2,1-4H3,(H,25,34)(H,28,29)(H,30,31,33)/i1D3. The fraction of sp³-hybridized carbons (Fsp3) is 0.292. The Hall–Kier alpha value is -4.61. The minimum absolute atomic E-state index is 0.0224. The molecule has 1 aliphatic rings. The Bertz CT molecular complexity index is 1410. The van der Waals surface area contributed by atoms with Gasteiger partial charge in [-0.25, -0.2) is 4.98 Å². The van der Waals surface area contributed by atoms with Crippen LogP contribution in [0.1, 0.15) is 37.9 Å². The van der Waals surface area contributed by atoms with Gasteiger partial charge in [0.2, 0.25) is 5.91 Å². The number of carbonyl (C=O) groups is 3. The normalized spacial score (nSPS) is 14.0. The summed E-state index contributed by atoms with van der Waals surface area (Å²) in [6.45, 7) is -2.78. The first kappa shape index (κ1) is 20.7. The van der Waals surface area contributed by atoms with Gasteiger partial charge in [-0.1, -0.05) is 6.07 Å². The molecule has 4 rings (SSSR count). The lowest BCUT2D eigenvalue weighted by molar-refractivity contribution is -0.117. The number of carbonyl (C=O) groups excluding carboxylic acids is 3. The highest BCUT2D eigenvalue weighted by atomic mass is 16.5. The monoisotopic (exact) mass is 493 g/mol. The van der Waals surface area contributed by atoms with E-state index < -0.39 is 12.9 Å². The molecule has 0 bridgehead atoms. The molecule has 0 aliphatic heterocycles. The fourth-order valence-electron chi connectivity index (χ4n) is 3.40. The molecule has 3 amide bonds. The van der Waals surface area contributed by atoms with Crippen LogP contribution in [0, 0.1) is 5.92 Å². The fourth-order valence-corrected chi connectivity index (χ4v) is 3.40. The zero-order valence-corrected chi connectivity index (χ0v) is 19.8. The van der Waals surface area contributed by atoms with Crippen molar-refractivity contribution in [2.24, 2.45) is 5.92 Å². The molecule has 0 atom stereocenters. The Labute approximate surface area is 211 Å². The molecular weight excluding hydrogens is 464 g/mol. The van der Waals surface area contributed by atoms with Crippen molar-refractivity contribution in [1.29, 1.82) is 0 Å². The molecule has 36 heavy (non-hydrogen) atoms. The van der Waals surface area contributed by atoms with E-state index in [1.807, 2.05) is 5.32 Å². The number of nitrogens with zero attached hydrogens (tertiary/aromatic N) is 5. The maximum Gasteiger partial charge on any atom is 0.273 e. The highest BCUT2D eigenvalue weighted by Crippen LogP contribution is 2.39. The third kappa shape index (κ3) is 5.06.